The van der Waals surface area contributed by atoms with Gasteiger partial charge in [0.05, 0.1) is 13.2 Å². The van der Waals surface area contributed by atoms with Gasteiger partial charge < -0.3 is 15.4 Å². The first-order valence-electron chi connectivity index (χ1n) is 7.49. The molecule has 0 aromatic carbocycles. The molecule has 2 aliphatic heterocycles. The first kappa shape index (κ1) is 20.9. The Hall–Kier alpha value is -0.0700. The van der Waals surface area contributed by atoms with Crippen LogP contribution >= 0.6 is 24.8 Å². The van der Waals surface area contributed by atoms with Crippen LogP contribution in [-0.2, 0) is 9.53 Å². The molecule has 2 heterocycles. The summed E-state index contributed by atoms with van der Waals surface area (Å²) in [7, 11) is 0. The Balaban J connectivity index is 0.00000200. The van der Waals surface area contributed by atoms with Gasteiger partial charge in [-0.05, 0) is 32.2 Å². The normalized spacial score (nSPS) is 27.9. The molecule has 2 rings (SSSR count). The van der Waals surface area contributed by atoms with Crippen LogP contribution in [0.15, 0.2) is 0 Å². The van der Waals surface area contributed by atoms with Crippen molar-refractivity contribution in [2.75, 3.05) is 39.4 Å². The highest BCUT2D eigenvalue weighted by Gasteiger charge is 2.24. The van der Waals surface area contributed by atoms with Crippen LogP contribution in [0.5, 0.6) is 0 Å². The first-order chi connectivity index (χ1) is 9.16. The van der Waals surface area contributed by atoms with Crippen molar-refractivity contribution in [2.45, 2.75) is 38.8 Å². The largest absolute Gasteiger partial charge is 0.378 e. The summed E-state index contributed by atoms with van der Waals surface area (Å²) in [6, 6.07) is 0.234. The van der Waals surface area contributed by atoms with E-state index in [2.05, 4.69) is 29.4 Å². The Morgan fingerprint density at radius 1 is 1.48 bits per heavy atom. The van der Waals surface area contributed by atoms with Crippen molar-refractivity contribution in [2.24, 2.45) is 5.92 Å². The Kier molecular flexibility index (Phi) is 10.6. The molecule has 2 N–H and O–H groups in total. The summed E-state index contributed by atoms with van der Waals surface area (Å²) in [6.07, 6.45) is 2.61. The topological polar surface area (TPSA) is 53.6 Å². The van der Waals surface area contributed by atoms with Gasteiger partial charge in [0.15, 0.2) is 0 Å². The van der Waals surface area contributed by atoms with Crippen molar-refractivity contribution in [3.05, 3.63) is 0 Å². The second-order valence-electron chi connectivity index (χ2n) is 5.92. The molecule has 2 fully saturated rings. The molecule has 0 aromatic rings. The van der Waals surface area contributed by atoms with E-state index in [1.165, 1.54) is 12.8 Å². The standard InChI is InChI=1S/C14H27N3O2.2ClH/c1-11-4-3-6-17(9-11)12(2)8-16-14(18)13-10-19-7-5-15-13;;/h11-13,15H,3-10H2,1-2H3,(H,16,18);2*1H. The highest BCUT2D eigenvalue weighted by atomic mass is 35.5. The molecular weight excluding hydrogens is 313 g/mol. The Bertz CT molecular complexity index is 302. The number of halogens is 2. The molecular formula is C14H29Cl2N3O2. The van der Waals surface area contributed by atoms with Gasteiger partial charge in [-0.25, -0.2) is 0 Å². The average molecular weight is 342 g/mol. The van der Waals surface area contributed by atoms with Crippen molar-refractivity contribution in [1.82, 2.24) is 15.5 Å². The smallest absolute Gasteiger partial charge is 0.239 e. The number of ether oxygens (including phenoxy) is 1. The van der Waals surface area contributed by atoms with E-state index in [4.69, 9.17) is 4.74 Å². The van der Waals surface area contributed by atoms with E-state index in [0.29, 0.717) is 19.3 Å². The highest BCUT2D eigenvalue weighted by molar-refractivity contribution is 5.85. The molecule has 0 radical (unpaired) electrons. The van der Waals surface area contributed by atoms with Crippen LogP contribution in [0.4, 0.5) is 0 Å². The number of rotatable bonds is 4. The van der Waals surface area contributed by atoms with Crippen LogP contribution in [0.2, 0.25) is 0 Å². The Morgan fingerprint density at radius 3 is 2.86 bits per heavy atom. The molecule has 0 aliphatic carbocycles. The molecule has 0 spiro atoms. The molecule has 21 heavy (non-hydrogen) atoms. The molecule has 0 bridgehead atoms. The molecule has 7 heteroatoms. The second kappa shape index (κ2) is 10.6. The Morgan fingerprint density at radius 2 is 2.24 bits per heavy atom. The molecule has 1 amide bonds. The predicted octanol–water partition coefficient (Wildman–Crippen LogP) is 1.05. The van der Waals surface area contributed by atoms with Crippen molar-refractivity contribution in [1.29, 1.82) is 0 Å². The molecule has 2 aliphatic rings. The zero-order valence-electron chi connectivity index (χ0n) is 13.0. The number of amides is 1. The summed E-state index contributed by atoms with van der Waals surface area (Å²) in [5.74, 6) is 0.844. The summed E-state index contributed by atoms with van der Waals surface area (Å²) in [4.78, 5) is 14.5. The molecule has 3 unspecified atom stereocenters. The van der Waals surface area contributed by atoms with Gasteiger partial charge in [0, 0.05) is 25.7 Å². The van der Waals surface area contributed by atoms with Crippen molar-refractivity contribution in [3.63, 3.8) is 0 Å². The number of nitrogens with one attached hydrogen (secondary N) is 2. The zero-order valence-corrected chi connectivity index (χ0v) is 14.6. The van der Waals surface area contributed by atoms with Crippen LogP contribution in [0.25, 0.3) is 0 Å². The van der Waals surface area contributed by atoms with E-state index in [1.54, 1.807) is 0 Å². The summed E-state index contributed by atoms with van der Waals surface area (Å²) in [6.45, 7) is 9.49. The van der Waals surface area contributed by atoms with Crippen LogP contribution in [0.3, 0.4) is 0 Å². The van der Waals surface area contributed by atoms with E-state index in [0.717, 1.165) is 32.1 Å². The van der Waals surface area contributed by atoms with Gasteiger partial charge in [-0.15, -0.1) is 24.8 Å². The number of carbonyl (C=O) groups is 1. The summed E-state index contributed by atoms with van der Waals surface area (Å²) >= 11 is 0. The molecule has 2 saturated heterocycles. The lowest BCUT2D eigenvalue weighted by molar-refractivity contribution is -0.126. The molecule has 3 atom stereocenters. The highest BCUT2D eigenvalue weighted by Crippen LogP contribution is 2.17. The second-order valence-corrected chi connectivity index (χ2v) is 5.92. The average Bonchev–Trinajstić information content (AvgIpc) is 2.45. The summed E-state index contributed by atoms with van der Waals surface area (Å²) in [5, 5.41) is 6.22. The van der Waals surface area contributed by atoms with E-state index in [9.17, 15) is 4.79 Å². The van der Waals surface area contributed by atoms with Crippen LogP contribution in [0.1, 0.15) is 26.7 Å². The van der Waals surface area contributed by atoms with Crippen molar-refractivity contribution in [3.8, 4) is 0 Å². The van der Waals surface area contributed by atoms with Crippen LogP contribution in [0, 0.1) is 5.92 Å². The predicted molar refractivity (Wildman–Crippen MR) is 89.5 cm³/mol. The monoisotopic (exact) mass is 341 g/mol. The van der Waals surface area contributed by atoms with E-state index in [1.807, 2.05) is 0 Å². The first-order valence-corrected chi connectivity index (χ1v) is 7.49. The van der Waals surface area contributed by atoms with Crippen LogP contribution in [-0.4, -0.2) is 62.3 Å². The van der Waals surface area contributed by atoms with Crippen LogP contribution < -0.4 is 10.6 Å². The minimum absolute atomic E-state index is 0. The quantitative estimate of drug-likeness (QED) is 0.802. The minimum atomic E-state index is -0.179. The number of hydrogen-bond acceptors (Lipinski definition) is 4. The van der Waals surface area contributed by atoms with Gasteiger partial charge in [-0.2, -0.15) is 0 Å². The van der Waals surface area contributed by atoms with E-state index >= 15 is 0 Å². The SMILES string of the molecule is CC1CCCN(C(C)CNC(=O)C2COCCN2)C1.Cl.Cl. The van der Waals surface area contributed by atoms with Crippen molar-refractivity contribution >= 4 is 30.7 Å². The third-order valence-corrected chi connectivity index (χ3v) is 4.12. The van der Waals surface area contributed by atoms with Gasteiger partial charge in [0.1, 0.15) is 6.04 Å². The Labute approximate surface area is 140 Å². The molecule has 126 valence electrons. The van der Waals surface area contributed by atoms with E-state index in [-0.39, 0.29) is 36.8 Å². The minimum Gasteiger partial charge on any atom is -0.378 e. The number of likely N-dealkylation sites (tertiary alicyclic amines) is 1. The van der Waals surface area contributed by atoms with Gasteiger partial charge in [0.25, 0.3) is 0 Å². The zero-order chi connectivity index (χ0) is 13.7. The summed E-state index contributed by atoms with van der Waals surface area (Å²) in [5.41, 5.74) is 0. The lowest BCUT2D eigenvalue weighted by Gasteiger charge is -2.36. The molecule has 0 aromatic heterocycles. The van der Waals surface area contributed by atoms with Crippen molar-refractivity contribution < 1.29 is 9.53 Å². The summed E-state index contributed by atoms with van der Waals surface area (Å²) < 4.78 is 5.31. The number of piperidine rings is 1. The van der Waals surface area contributed by atoms with Gasteiger partial charge in [0.2, 0.25) is 5.91 Å². The van der Waals surface area contributed by atoms with E-state index < -0.39 is 0 Å². The maximum atomic E-state index is 12.0. The molecule has 0 saturated carbocycles. The fourth-order valence-electron chi connectivity index (χ4n) is 2.86. The van der Waals surface area contributed by atoms with Gasteiger partial charge in [-0.1, -0.05) is 6.92 Å². The van der Waals surface area contributed by atoms with Gasteiger partial charge >= 0.3 is 0 Å². The number of carbonyl (C=O) groups excluding carboxylic acids is 1. The fraction of sp³-hybridized carbons (Fsp3) is 0.929. The molecule has 5 nitrogen and oxygen atoms in total. The number of nitrogens with zero attached hydrogens (tertiary/aromatic N) is 1. The number of hydrogen-bond donors (Lipinski definition) is 2. The fourth-order valence-corrected chi connectivity index (χ4v) is 2.86. The lowest BCUT2D eigenvalue weighted by atomic mass is 9.99. The maximum Gasteiger partial charge on any atom is 0.239 e. The number of morpholine rings is 1. The van der Waals surface area contributed by atoms with Gasteiger partial charge in [-0.3, -0.25) is 9.69 Å². The lowest BCUT2D eigenvalue weighted by Crippen LogP contribution is -2.54. The maximum absolute atomic E-state index is 12.0. The third-order valence-electron chi connectivity index (χ3n) is 4.12. The third kappa shape index (κ3) is 6.70.